The van der Waals surface area contributed by atoms with E-state index in [0.717, 1.165) is 5.56 Å². The molecule has 0 bridgehead atoms. The Morgan fingerprint density at radius 2 is 2.03 bits per heavy atom. The number of likely N-dealkylation sites (N-methyl/N-ethyl adjacent to an activating group) is 1. The van der Waals surface area contributed by atoms with E-state index < -0.39 is 5.60 Å². The fourth-order valence-electron chi connectivity index (χ4n) is 3.71. The van der Waals surface area contributed by atoms with Gasteiger partial charge >= 0.3 is 0 Å². The number of hydrogen-bond donors (Lipinski definition) is 2. The highest BCUT2D eigenvalue weighted by Gasteiger charge is 2.34. The molecule has 1 aliphatic rings. The van der Waals surface area contributed by atoms with Crippen molar-refractivity contribution in [3.8, 4) is 17.7 Å². The molecule has 0 saturated carbocycles. The fourth-order valence-corrected chi connectivity index (χ4v) is 3.71. The van der Waals surface area contributed by atoms with E-state index in [1.807, 2.05) is 20.9 Å². The second-order valence-electron chi connectivity index (χ2n) is 9.45. The topological polar surface area (TPSA) is 112 Å². The van der Waals surface area contributed by atoms with Crippen molar-refractivity contribution in [3.63, 3.8) is 0 Å². The van der Waals surface area contributed by atoms with E-state index in [-0.39, 0.29) is 36.5 Å². The van der Waals surface area contributed by atoms with Crippen LogP contribution in [0.1, 0.15) is 49.2 Å². The zero-order chi connectivity index (χ0) is 24.9. The van der Waals surface area contributed by atoms with Crippen LogP contribution in [0, 0.1) is 17.8 Å². The van der Waals surface area contributed by atoms with Gasteiger partial charge < -0.3 is 19.8 Å². The molecule has 0 radical (unpaired) electrons. The van der Waals surface area contributed by atoms with Crippen LogP contribution in [0.4, 0.5) is 0 Å². The van der Waals surface area contributed by atoms with Gasteiger partial charge in [-0.2, -0.15) is 0 Å². The van der Waals surface area contributed by atoms with Gasteiger partial charge in [0.2, 0.25) is 5.88 Å². The van der Waals surface area contributed by atoms with Gasteiger partial charge in [-0.05, 0) is 33.9 Å². The second-order valence-corrected chi connectivity index (χ2v) is 9.45. The summed E-state index contributed by atoms with van der Waals surface area (Å²) in [6.07, 6.45) is 6.35. The van der Waals surface area contributed by atoms with Gasteiger partial charge in [-0.15, -0.1) is 0 Å². The molecule has 0 unspecified atom stereocenters. The predicted molar refractivity (Wildman–Crippen MR) is 127 cm³/mol. The van der Waals surface area contributed by atoms with Crippen molar-refractivity contribution >= 4 is 5.91 Å². The molecule has 182 valence electrons. The molecule has 1 aliphatic heterocycles. The predicted octanol–water partition coefficient (Wildman–Crippen LogP) is 1.35. The minimum absolute atomic E-state index is 0.0166. The third-order valence-corrected chi connectivity index (χ3v) is 5.59. The summed E-state index contributed by atoms with van der Waals surface area (Å²) in [5, 5.41) is 19.7. The highest BCUT2D eigenvalue weighted by Crippen LogP contribution is 2.27. The molecule has 0 aromatic carbocycles. The van der Waals surface area contributed by atoms with Gasteiger partial charge in [-0.1, -0.05) is 18.8 Å². The number of pyridine rings is 1. The Labute approximate surface area is 200 Å². The van der Waals surface area contributed by atoms with Gasteiger partial charge in [0, 0.05) is 55.3 Å². The van der Waals surface area contributed by atoms with Gasteiger partial charge in [-0.25, -0.2) is 15.0 Å². The van der Waals surface area contributed by atoms with Gasteiger partial charge in [0.1, 0.15) is 23.6 Å². The van der Waals surface area contributed by atoms with Crippen LogP contribution in [0.3, 0.4) is 0 Å². The van der Waals surface area contributed by atoms with E-state index in [1.54, 1.807) is 43.4 Å². The molecule has 0 aliphatic carbocycles. The summed E-state index contributed by atoms with van der Waals surface area (Å²) in [4.78, 5) is 29.8. The van der Waals surface area contributed by atoms with E-state index >= 15 is 0 Å². The van der Waals surface area contributed by atoms with Crippen LogP contribution in [0.25, 0.3) is 0 Å². The van der Waals surface area contributed by atoms with Crippen LogP contribution < -0.4 is 4.74 Å². The number of aromatic nitrogens is 3. The molecule has 2 aromatic rings. The van der Waals surface area contributed by atoms with Crippen LogP contribution in [-0.2, 0) is 6.54 Å². The van der Waals surface area contributed by atoms with Crippen molar-refractivity contribution in [1.82, 2.24) is 24.8 Å². The smallest absolute Gasteiger partial charge is 0.259 e. The first kappa shape index (κ1) is 25.6. The second kappa shape index (κ2) is 10.9. The first-order chi connectivity index (χ1) is 16.1. The lowest BCUT2D eigenvalue weighted by Gasteiger charge is -2.37. The number of aliphatic hydroxyl groups excluding tert-OH is 1. The number of carbonyl (C=O) groups excluding carboxylic acids is 1. The summed E-state index contributed by atoms with van der Waals surface area (Å²) in [7, 11) is 1.99. The average molecular weight is 468 g/mol. The number of amides is 1. The molecule has 3 heterocycles. The Morgan fingerprint density at radius 1 is 1.32 bits per heavy atom. The van der Waals surface area contributed by atoms with Crippen molar-refractivity contribution < 1.29 is 19.7 Å². The lowest BCUT2D eigenvalue weighted by Crippen LogP contribution is -2.49. The molecular formula is C25H33N5O4. The zero-order valence-electron chi connectivity index (χ0n) is 20.4. The van der Waals surface area contributed by atoms with Crippen molar-refractivity contribution in [2.24, 2.45) is 5.92 Å². The molecular weight excluding hydrogens is 434 g/mol. The molecule has 0 spiro atoms. The summed E-state index contributed by atoms with van der Waals surface area (Å²) in [5.41, 5.74) is 0.610. The Kier molecular flexibility index (Phi) is 8.20. The third-order valence-electron chi connectivity index (χ3n) is 5.59. The summed E-state index contributed by atoms with van der Waals surface area (Å²) < 4.78 is 6.30. The van der Waals surface area contributed by atoms with Crippen LogP contribution >= 0.6 is 0 Å². The Balaban J connectivity index is 1.92. The minimum atomic E-state index is -1.17. The van der Waals surface area contributed by atoms with Gasteiger partial charge in [-0.3, -0.25) is 9.69 Å². The van der Waals surface area contributed by atoms with Crippen molar-refractivity contribution in [3.05, 3.63) is 47.7 Å². The minimum Gasteiger partial charge on any atom is -0.472 e. The first-order valence-corrected chi connectivity index (χ1v) is 11.3. The molecule has 34 heavy (non-hydrogen) atoms. The average Bonchev–Trinajstić information content (AvgIpc) is 2.79. The molecule has 3 atom stereocenters. The van der Waals surface area contributed by atoms with E-state index in [0.29, 0.717) is 30.8 Å². The van der Waals surface area contributed by atoms with Crippen LogP contribution in [0.5, 0.6) is 5.88 Å². The molecule has 1 amide bonds. The lowest BCUT2D eigenvalue weighted by atomic mass is 9.99. The molecule has 3 rings (SSSR count). The summed E-state index contributed by atoms with van der Waals surface area (Å²) in [6.45, 7) is 8.53. The molecule has 9 heteroatoms. The maximum atomic E-state index is 13.4. The first-order valence-electron chi connectivity index (χ1n) is 11.3. The van der Waals surface area contributed by atoms with Gasteiger partial charge in [0.25, 0.3) is 5.91 Å². The van der Waals surface area contributed by atoms with Gasteiger partial charge in [0.15, 0.2) is 0 Å². The number of rotatable bonds is 6. The SMILES string of the molecule is C[C@H](CO)N1C[C@H](C)[C@@H](CN(C)Cc2cncnc2)Oc2ncc(C#CC(C)(C)O)cc2C1=O. The maximum absolute atomic E-state index is 13.4. The maximum Gasteiger partial charge on any atom is 0.259 e. The normalized spacial score (nSPS) is 19.4. The van der Waals surface area contributed by atoms with Crippen molar-refractivity contribution in [2.45, 2.75) is 52.0 Å². The zero-order valence-corrected chi connectivity index (χ0v) is 20.4. The fraction of sp³-hybridized carbons (Fsp3) is 0.520. The Bertz CT molecular complexity index is 1040. The quantitative estimate of drug-likeness (QED) is 0.613. The molecule has 9 nitrogen and oxygen atoms in total. The largest absolute Gasteiger partial charge is 0.472 e. The summed E-state index contributed by atoms with van der Waals surface area (Å²) >= 11 is 0. The Hall–Kier alpha value is -3.06. The number of aliphatic hydroxyl groups is 2. The Morgan fingerprint density at radius 3 is 2.68 bits per heavy atom. The van der Waals surface area contributed by atoms with Crippen molar-refractivity contribution in [1.29, 1.82) is 0 Å². The number of ether oxygens (including phenoxy) is 1. The van der Waals surface area contributed by atoms with Crippen molar-refractivity contribution in [2.75, 3.05) is 26.7 Å². The van der Waals surface area contributed by atoms with Crippen LogP contribution in [0.15, 0.2) is 31.0 Å². The summed E-state index contributed by atoms with van der Waals surface area (Å²) in [5.74, 6) is 5.57. The standard InChI is InChI=1S/C25H33N5O4/c1-17-12-30(18(2)15-31)24(32)21-8-19(6-7-25(3,4)33)11-28-23(21)34-22(17)14-29(5)13-20-9-26-16-27-10-20/h8-11,16-18,22,31,33H,12-15H2,1-5H3/t17-,18+,22+/m0/s1. The highest BCUT2D eigenvalue weighted by atomic mass is 16.5. The number of nitrogens with zero attached hydrogens (tertiary/aromatic N) is 5. The van der Waals surface area contributed by atoms with E-state index in [1.165, 1.54) is 6.33 Å². The number of fused-ring (bicyclic) bond motifs is 1. The third kappa shape index (κ3) is 6.73. The number of carbonyl (C=O) groups is 1. The molecule has 0 fully saturated rings. The highest BCUT2D eigenvalue weighted by molar-refractivity contribution is 5.97. The summed E-state index contributed by atoms with van der Waals surface area (Å²) in [6, 6.07) is 1.27. The van der Waals surface area contributed by atoms with E-state index in [9.17, 15) is 15.0 Å². The monoisotopic (exact) mass is 467 g/mol. The molecule has 2 aromatic heterocycles. The van der Waals surface area contributed by atoms with E-state index in [4.69, 9.17) is 4.74 Å². The number of hydrogen-bond acceptors (Lipinski definition) is 8. The van der Waals surface area contributed by atoms with Gasteiger partial charge in [0.05, 0.1) is 12.6 Å². The van der Waals surface area contributed by atoms with Crippen LogP contribution in [0.2, 0.25) is 0 Å². The lowest BCUT2D eigenvalue weighted by molar-refractivity contribution is 0.0325. The molecule has 2 N–H and O–H groups in total. The van der Waals surface area contributed by atoms with E-state index in [2.05, 4.69) is 31.7 Å². The van der Waals surface area contributed by atoms with Crippen LogP contribution in [-0.4, -0.2) is 85.4 Å². The molecule has 0 saturated heterocycles.